The van der Waals surface area contributed by atoms with Gasteiger partial charge in [-0.15, -0.1) is 0 Å². The van der Waals surface area contributed by atoms with Gasteiger partial charge in [0.1, 0.15) is 0 Å². The summed E-state index contributed by atoms with van der Waals surface area (Å²) in [6.45, 7) is 1.27. The first-order valence-corrected chi connectivity index (χ1v) is 9.11. The van der Waals surface area contributed by atoms with Gasteiger partial charge in [-0.05, 0) is 37.2 Å². The van der Waals surface area contributed by atoms with Crippen LogP contribution in [0.2, 0.25) is 0 Å². The van der Waals surface area contributed by atoms with Crippen molar-refractivity contribution in [3.8, 4) is 0 Å². The van der Waals surface area contributed by atoms with E-state index in [-0.39, 0.29) is 0 Å². The van der Waals surface area contributed by atoms with Crippen molar-refractivity contribution in [1.82, 2.24) is 25.3 Å². The number of nitrogens with one attached hydrogen (secondary N) is 2. The summed E-state index contributed by atoms with van der Waals surface area (Å²) >= 11 is 0. The smallest absolute Gasteiger partial charge is 0.356 e. The lowest BCUT2D eigenvalue weighted by atomic mass is 10.1. The third kappa shape index (κ3) is 7.99. The van der Waals surface area contributed by atoms with Gasteiger partial charge in [-0.3, -0.25) is 14.6 Å². The number of rotatable bonds is 9. The van der Waals surface area contributed by atoms with Crippen molar-refractivity contribution in [2.45, 2.75) is 25.7 Å². The predicted octanol–water partition coefficient (Wildman–Crippen LogP) is 2.48. The van der Waals surface area contributed by atoms with Crippen molar-refractivity contribution >= 4 is 5.96 Å². The van der Waals surface area contributed by atoms with Gasteiger partial charge in [0.15, 0.2) is 5.96 Å². The molecular formula is C19H27F3N6. The zero-order valence-electron chi connectivity index (χ0n) is 16.2. The highest BCUT2D eigenvalue weighted by atomic mass is 19.4. The molecule has 154 valence electrons. The van der Waals surface area contributed by atoms with Crippen LogP contribution in [0.25, 0.3) is 0 Å². The lowest BCUT2D eigenvalue weighted by Gasteiger charge is -2.19. The Kier molecular flexibility index (Phi) is 8.31. The molecule has 0 unspecified atom stereocenters. The number of nitrogens with zero attached hydrogens (tertiary/aromatic N) is 4. The predicted molar refractivity (Wildman–Crippen MR) is 104 cm³/mol. The molecule has 0 radical (unpaired) electrons. The highest BCUT2D eigenvalue weighted by molar-refractivity contribution is 5.79. The van der Waals surface area contributed by atoms with E-state index in [1.165, 1.54) is 11.9 Å². The fourth-order valence-electron chi connectivity index (χ4n) is 2.79. The van der Waals surface area contributed by atoms with E-state index in [2.05, 4.69) is 26.8 Å². The Hall–Kier alpha value is -2.55. The Morgan fingerprint density at radius 1 is 1.18 bits per heavy atom. The van der Waals surface area contributed by atoms with Gasteiger partial charge in [0.05, 0.1) is 13.1 Å². The lowest BCUT2D eigenvalue weighted by molar-refractivity contribution is -0.143. The summed E-state index contributed by atoms with van der Waals surface area (Å²) in [6, 6.07) is 9.97. The average molecular weight is 396 g/mol. The molecule has 0 spiro atoms. The molecule has 1 heterocycles. The molecule has 0 fully saturated rings. The summed E-state index contributed by atoms with van der Waals surface area (Å²) in [6.07, 6.45) is 0.0891. The second-order valence-electron chi connectivity index (χ2n) is 6.53. The molecule has 2 N–H and O–H groups in total. The molecular weight excluding hydrogens is 369 g/mol. The molecule has 1 aromatic carbocycles. The molecule has 28 heavy (non-hydrogen) atoms. The van der Waals surface area contributed by atoms with Crippen molar-refractivity contribution in [3.05, 3.63) is 53.9 Å². The van der Waals surface area contributed by atoms with Crippen LogP contribution in [0.1, 0.15) is 17.5 Å². The maximum absolute atomic E-state index is 12.3. The number of guanidine groups is 1. The molecule has 0 amide bonds. The number of halogens is 3. The monoisotopic (exact) mass is 396 g/mol. The first kappa shape index (κ1) is 21.7. The van der Waals surface area contributed by atoms with Crippen LogP contribution in [0.5, 0.6) is 0 Å². The third-order valence-electron chi connectivity index (χ3n) is 4.14. The molecule has 2 rings (SSSR count). The lowest BCUT2D eigenvalue weighted by Crippen LogP contribution is -2.39. The molecule has 0 atom stereocenters. The summed E-state index contributed by atoms with van der Waals surface area (Å²) in [5.74, 6) is 0.618. The third-order valence-corrected chi connectivity index (χ3v) is 4.14. The van der Waals surface area contributed by atoms with E-state index < -0.39 is 12.7 Å². The van der Waals surface area contributed by atoms with E-state index in [0.29, 0.717) is 38.6 Å². The van der Waals surface area contributed by atoms with Crippen LogP contribution in [0.15, 0.2) is 47.7 Å². The minimum atomic E-state index is -4.16. The molecule has 0 aliphatic rings. The van der Waals surface area contributed by atoms with E-state index in [4.69, 9.17) is 0 Å². The second kappa shape index (κ2) is 10.7. The number of alkyl halides is 3. The van der Waals surface area contributed by atoms with Crippen LogP contribution in [0.4, 0.5) is 13.2 Å². The Morgan fingerprint density at radius 2 is 1.93 bits per heavy atom. The van der Waals surface area contributed by atoms with Crippen LogP contribution in [-0.2, 0) is 13.1 Å². The van der Waals surface area contributed by atoms with Crippen molar-refractivity contribution in [2.24, 2.45) is 4.99 Å². The standard InChI is InChI=1S/C19H27F3N6/c1-23-18(24-9-5-11-27(2)15-19(20,21)22)25-13-16-7-3-4-8-17(16)14-28-12-6-10-26-28/h3-4,6-8,10,12H,5,9,11,13-15H2,1-2H3,(H2,23,24,25). The number of aliphatic imine (C=N–C) groups is 1. The number of benzene rings is 1. The van der Waals surface area contributed by atoms with E-state index in [9.17, 15) is 13.2 Å². The minimum Gasteiger partial charge on any atom is -0.356 e. The van der Waals surface area contributed by atoms with Crippen LogP contribution in [0, 0.1) is 0 Å². The first-order valence-electron chi connectivity index (χ1n) is 9.11. The van der Waals surface area contributed by atoms with Gasteiger partial charge >= 0.3 is 6.18 Å². The van der Waals surface area contributed by atoms with Gasteiger partial charge in [0.2, 0.25) is 0 Å². The molecule has 2 aromatic rings. The summed E-state index contributed by atoms with van der Waals surface area (Å²) in [5, 5.41) is 10.6. The van der Waals surface area contributed by atoms with E-state index in [1.807, 2.05) is 35.1 Å². The Morgan fingerprint density at radius 3 is 2.57 bits per heavy atom. The Balaban J connectivity index is 1.77. The highest BCUT2D eigenvalue weighted by Gasteiger charge is 2.28. The van der Waals surface area contributed by atoms with Gasteiger partial charge in [0.25, 0.3) is 0 Å². The Labute approximate surface area is 163 Å². The van der Waals surface area contributed by atoms with Gasteiger partial charge in [-0.2, -0.15) is 18.3 Å². The van der Waals surface area contributed by atoms with Gasteiger partial charge < -0.3 is 10.6 Å². The van der Waals surface area contributed by atoms with E-state index >= 15 is 0 Å². The zero-order valence-corrected chi connectivity index (χ0v) is 16.2. The second-order valence-corrected chi connectivity index (χ2v) is 6.53. The van der Waals surface area contributed by atoms with Crippen LogP contribution >= 0.6 is 0 Å². The SMILES string of the molecule is CN=C(NCCCN(C)CC(F)(F)F)NCc1ccccc1Cn1cccn1. The molecule has 6 nitrogen and oxygen atoms in total. The fraction of sp³-hybridized carbons (Fsp3) is 0.474. The van der Waals surface area contributed by atoms with Gasteiger partial charge in [-0.25, -0.2) is 0 Å². The van der Waals surface area contributed by atoms with Gasteiger partial charge in [0, 0.05) is 32.5 Å². The van der Waals surface area contributed by atoms with Crippen molar-refractivity contribution in [2.75, 3.05) is 33.7 Å². The number of hydrogen-bond acceptors (Lipinski definition) is 3. The molecule has 9 heteroatoms. The highest BCUT2D eigenvalue weighted by Crippen LogP contribution is 2.15. The molecule has 0 bridgehead atoms. The van der Waals surface area contributed by atoms with Crippen molar-refractivity contribution in [1.29, 1.82) is 0 Å². The van der Waals surface area contributed by atoms with Crippen LogP contribution in [-0.4, -0.2) is 60.5 Å². The van der Waals surface area contributed by atoms with E-state index in [1.54, 1.807) is 13.2 Å². The van der Waals surface area contributed by atoms with E-state index in [0.717, 1.165) is 11.1 Å². The Bertz CT molecular complexity index is 728. The molecule has 0 aliphatic heterocycles. The van der Waals surface area contributed by atoms with Crippen LogP contribution < -0.4 is 10.6 Å². The van der Waals surface area contributed by atoms with Gasteiger partial charge in [-0.1, -0.05) is 24.3 Å². The quantitative estimate of drug-likeness (QED) is 0.389. The molecule has 1 aromatic heterocycles. The zero-order chi connectivity index (χ0) is 20.4. The summed E-state index contributed by atoms with van der Waals surface area (Å²) in [5.41, 5.74) is 2.29. The minimum absolute atomic E-state index is 0.357. The van der Waals surface area contributed by atoms with Crippen molar-refractivity contribution in [3.63, 3.8) is 0 Å². The maximum atomic E-state index is 12.3. The number of hydrogen-bond donors (Lipinski definition) is 2. The maximum Gasteiger partial charge on any atom is 0.401 e. The summed E-state index contributed by atoms with van der Waals surface area (Å²) < 4.78 is 38.8. The molecule has 0 saturated carbocycles. The largest absolute Gasteiger partial charge is 0.401 e. The number of aromatic nitrogens is 2. The normalized spacial score (nSPS) is 12.4. The first-order chi connectivity index (χ1) is 13.4. The van der Waals surface area contributed by atoms with Crippen LogP contribution in [0.3, 0.4) is 0 Å². The summed E-state index contributed by atoms with van der Waals surface area (Å²) in [7, 11) is 3.14. The summed E-state index contributed by atoms with van der Waals surface area (Å²) in [4.78, 5) is 5.44. The topological polar surface area (TPSA) is 57.5 Å². The average Bonchev–Trinajstić information content (AvgIpc) is 3.14. The van der Waals surface area contributed by atoms with Crippen molar-refractivity contribution < 1.29 is 13.2 Å². The molecule has 0 aliphatic carbocycles. The fourth-order valence-corrected chi connectivity index (χ4v) is 2.79. The molecule has 0 saturated heterocycles.